The molecule has 1 saturated heterocycles. The molecule has 0 aliphatic carbocycles. The summed E-state index contributed by atoms with van der Waals surface area (Å²) in [5.74, 6) is 0.929. The van der Waals surface area contributed by atoms with Gasteiger partial charge in [0.25, 0.3) is 0 Å². The first-order valence-corrected chi connectivity index (χ1v) is 5.36. The Morgan fingerprint density at radius 2 is 2.27 bits per heavy atom. The first-order valence-electron chi connectivity index (χ1n) is 5.36. The van der Waals surface area contributed by atoms with E-state index in [1.54, 1.807) is 0 Å². The fourth-order valence-corrected chi connectivity index (χ4v) is 1.85. The number of benzene rings is 1. The maximum Gasteiger partial charge on any atom is 0.140 e. The van der Waals surface area contributed by atoms with Crippen molar-refractivity contribution in [2.75, 3.05) is 26.8 Å². The van der Waals surface area contributed by atoms with Crippen molar-refractivity contribution < 1.29 is 9.47 Å². The summed E-state index contributed by atoms with van der Waals surface area (Å²) in [5, 5.41) is 0. The molecule has 0 spiro atoms. The second-order valence-electron chi connectivity index (χ2n) is 3.67. The Morgan fingerprint density at radius 3 is 2.93 bits per heavy atom. The van der Waals surface area contributed by atoms with Crippen molar-refractivity contribution in [1.29, 1.82) is 0 Å². The molecule has 1 aromatic carbocycles. The van der Waals surface area contributed by atoms with Gasteiger partial charge in [-0.05, 0) is 20.0 Å². The molecule has 82 valence electrons. The third-order valence-electron chi connectivity index (χ3n) is 2.60. The van der Waals surface area contributed by atoms with Crippen molar-refractivity contribution >= 4 is 0 Å². The van der Waals surface area contributed by atoms with E-state index in [4.69, 9.17) is 9.47 Å². The Bertz CT molecular complexity index is 327. The van der Waals surface area contributed by atoms with Gasteiger partial charge in [-0.1, -0.05) is 18.2 Å². The number of ether oxygens (including phenoxy) is 2. The average molecular weight is 207 g/mol. The van der Waals surface area contributed by atoms with Crippen LogP contribution in [0.3, 0.4) is 0 Å². The molecule has 0 radical (unpaired) electrons. The molecule has 0 aromatic heterocycles. The molecular formula is C12H17NO2. The minimum atomic E-state index is 0.0488. The first kappa shape index (κ1) is 10.5. The minimum Gasteiger partial charge on any atom is -0.493 e. The van der Waals surface area contributed by atoms with E-state index in [0.717, 1.165) is 24.5 Å². The summed E-state index contributed by atoms with van der Waals surface area (Å²) in [6.45, 7) is 4.45. The lowest BCUT2D eigenvalue weighted by Crippen LogP contribution is -2.19. The van der Waals surface area contributed by atoms with Crippen LogP contribution in [-0.2, 0) is 4.74 Å². The van der Waals surface area contributed by atoms with Gasteiger partial charge in [0, 0.05) is 12.1 Å². The number of likely N-dealkylation sites (N-methyl/N-ethyl adjacent to an activating group) is 1. The van der Waals surface area contributed by atoms with Gasteiger partial charge in [-0.15, -0.1) is 0 Å². The SMILES string of the molecule is CCOc1ccccc1C1OCCN1C. The maximum atomic E-state index is 5.68. The van der Waals surface area contributed by atoms with Crippen LogP contribution in [0.15, 0.2) is 24.3 Å². The lowest BCUT2D eigenvalue weighted by atomic mass is 10.1. The van der Waals surface area contributed by atoms with E-state index < -0.39 is 0 Å². The summed E-state index contributed by atoms with van der Waals surface area (Å²) in [4.78, 5) is 2.19. The normalized spacial score (nSPS) is 21.9. The molecule has 0 saturated carbocycles. The molecule has 1 aliphatic heterocycles. The van der Waals surface area contributed by atoms with E-state index in [1.165, 1.54) is 0 Å². The molecule has 0 N–H and O–H groups in total. The second kappa shape index (κ2) is 4.64. The Balaban J connectivity index is 2.25. The Hall–Kier alpha value is -1.06. The zero-order valence-corrected chi connectivity index (χ0v) is 9.27. The molecule has 3 heteroatoms. The third-order valence-corrected chi connectivity index (χ3v) is 2.60. The summed E-state index contributed by atoms with van der Waals surface area (Å²) in [5.41, 5.74) is 1.12. The van der Waals surface area contributed by atoms with E-state index in [1.807, 2.05) is 25.1 Å². The van der Waals surface area contributed by atoms with Crippen molar-refractivity contribution in [1.82, 2.24) is 4.90 Å². The van der Waals surface area contributed by atoms with Gasteiger partial charge in [0.15, 0.2) is 0 Å². The standard InChI is InChI=1S/C12H17NO2/c1-3-14-11-7-5-4-6-10(11)12-13(2)8-9-15-12/h4-7,12H,3,8-9H2,1-2H3. The van der Waals surface area contributed by atoms with Gasteiger partial charge in [0.05, 0.1) is 13.2 Å². The van der Waals surface area contributed by atoms with Crippen LogP contribution < -0.4 is 4.74 Å². The van der Waals surface area contributed by atoms with Crippen molar-refractivity contribution in [2.24, 2.45) is 0 Å². The van der Waals surface area contributed by atoms with Crippen LogP contribution in [0.1, 0.15) is 18.7 Å². The van der Waals surface area contributed by atoms with Gasteiger partial charge in [-0.3, -0.25) is 4.90 Å². The van der Waals surface area contributed by atoms with Crippen molar-refractivity contribution in [2.45, 2.75) is 13.2 Å². The highest BCUT2D eigenvalue weighted by Gasteiger charge is 2.25. The fourth-order valence-electron chi connectivity index (χ4n) is 1.85. The van der Waals surface area contributed by atoms with Gasteiger partial charge < -0.3 is 9.47 Å². The first-order chi connectivity index (χ1) is 7.33. The summed E-state index contributed by atoms with van der Waals surface area (Å²) < 4.78 is 11.3. The Labute approximate surface area is 90.6 Å². The topological polar surface area (TPSA) is 21.7 Å². The van der Waals surface area contributed by atoms with Crippen LogP contribution in [0.2, 0.25) is 0 Å². The van der Waals surface area contributed by atoms with Crippen LogP contribution in [0.5, 0.6) is 5.75 Å². The van der Waals surface area contributed by atoms with E-state index in [0.29, 0.717) is 6.61 Å². The van der Waals surface area contributed by atoms with E-state index in [9.17, 15) is 0 Å². The molecule has 1 aromatic rings. The smallest absolute Gasteiger partial charge is 0.140 e. The molecule has 1 fully saturated rings. The number of para-hydroxylation sites is 1. The fraction of sp³-hybridized carbons (Fsp3) is 0.500. The van der Waals surface area contributed by atoms with Gasteiger partial charge in [0.1, 0.15) is 12.0 Å². The van der Waals surface area contributed by atoms with Crippen molar-refractivity contribution in [3.05, 3.63) is 29.8 Å². The average Bonchev–Trinajstić information content (AvgIpc) is 2.66. The second-order valence-corrected chi connectivity index (χ2v) is 3.67. The molecule has 1 heterocycles. The minimum absolute atomic E-state index is 0.0488. The maximum absolute atomic E-state index is 5.68. The largest absolute Gasteiger partial charge is 0.493 e. The van der Waals surface area contributed by atoms with E-state index >= 15 is 0 Å². The van der Waals surface area contributed by atoms with Crippen LogP contribution >= 0.6 is 0 Å². The number of hydrogen-bond acceptors (Lipinski definition) is 3. The van der Waals surface area contributed by atoms with Crippen LogP contribution in [0, 0.1) is 0 Å². The summed E-state index contributed by atoms with van der Waals surface area (Å²) >= 11 is 0. The molecule has 3 nitrogen and oxygen atoms in total. The number of nitrogens with zero attached hydrogens (tertiary/aromatic N) is 1. The number of hydrogen-bond donors (Lipinski definition) is 0. The van der Waals surface area contributed by atoms with Crippen molar-refractivity contribution in [3.8, 4) is 5.75 Å². The lowest BCUT2D eigenvalue weighted by Gasteiger charge is -2.20. The van der Waals surface area contributed by atoms with Gasteiger partial charge in [-0.25, -0.2) is 0 Å². The van der Waals surface area contributed by atoms with Crippen LogP contribution in [0.4, 0.5) is 0 Å². The summed E-state index contributed by atoms with van der Waals surface area (Å²) in [6, 6.07) is 8.07. The molecule has 1 unspecified atom stereocenters. The third kappa shape index (κ3) is 2.13. The highest BCUT2D eigenvalue weighted by molar-refractivity contribution is 5.35. The highest BCUT2D eigenvalue weighted by Crippen LogP contribution is 2.32. The van der Waals surface area contributed by atoms with Gasteiger partial charge in [-0.2, -0.15) is 0 Å². The van der Waals surface area contributed by atoms with E-state index in [-0.39, 0.29) is 6.23 Å². The lowest BCUT2D eigenvalue weighted by molar-refractivity contribution is 0.0429. The predicted molar refractivity (Wildman–Crippen MR) is 58.9 cm³/mol. The van der Waals surface area contributed by atoms with Crippen LogP contribution in [-0.4, -0.2) is 31.7 Å². The van der Waals surface area contributed by atoms with Crippen molar-refractivity contribution in [3.63, 3.8) is 0 Å². The molecular weight excluding hydrogens is 190 g/mol. The molecule has 1 aliphatic rings. The quantitative estimate of drug-likeness (QED) is 0.757. The Kier molecular flexibility index (Phi) is 3.23. The van der Waals surface area contributed by atoms with Crippen LogP contribution in [0.25, 0.3) is 0 Å². The molecule has 1 atom stereocenters. The molecule has 15 heavy (non-hydrogen) atoms. The summed E-state index contributed by atoms with van der Waals surface area (Å²) in [6.07, 6.45) is 0.0488. The van der Waals surface area contributed by atoms with Gasteiger partial charge >= 0.3 is 0 Å². The molecule has 2 rings (SSSR count). The summed E-state index contributed by atoms with van der Waals surface area (Å²) in [7, 11) is 2.07. The zero-order chi connectivity index (χ0) is 10.7. The Morgan fingerprint density at radius 1 is 1.47 bits per heavy atom. The number of rotatable bonds is 3. The monoisotopic (exact) mass is 207 g/mol. The molecule has 0 amide bonds. The van der Waals surface area contributed by atoms with E-state index in [2.05, 4.69) is 18.0 Å². The zero-order valence-electron chi connectivity index (χ0n) is 9.27. The predicted octanol–water partition coefficient (Wildman–Crippen LogP) is 2.05. The molecule has 0 bridgehead atoms. The highest BCUT2D eigenvalue weighted by atomic mass is 16.5. The van der Waals surface area contributed by atoms with Gasteiger partial charge in [0.2, 0.25) is 0 Å².